The van der Waals surface area contributed by atoms with Crippen molar-refractivity contribution in [1.29, 1.82) is 0 Å². The molecule has 0 spiro atoms. The van der Waals surface area contributed by atoms with Crippen molar-refractivity contribution in [2.24, 2.45) is 4.99 Å². The van der Waals surface area contributed by atoms with E-state index in [2.05, 4.69) is 37.5 Å². The first kappa shape index (κ1) is 17.8. The van der Waals surface area contributed by atoms with Crippen molar-refractivity contribution in [2.45, 2.75) is 33.9 Å². The van der Waals surface area contributed by atoms with Crippen LogP contribution >= 0.6 is 0 Å². The van der Waals surface area contributed by atoms with Gasteiger partial charge in [0.05, 0.1) is 6.61 Å². The fourth-order valence-corrected chi connectivity index (χ4v) is 2.22. The average Bonchev–Trinajstić information content (AvgIpc) is 2.99. The first-order chi connectivity index (χ1) is 11.6. The molecule has 2 aromatic rings. The van der Waals surface area contributed by atoms with Crippen LogP contribution < -0.4 is 10.1 Å². The van der Waals surface area contributed by atoms with Crippen LogP contribution in [0.5, 0.6) is 5.75 Å². The third-order valence-electron chi connectivity index (χ3n) is 3.28. The molecule has 1 heterocycles. The summed E-state index contributed by atoms with van der Waals surface area (Å²) >= 11 is 0. The van der Waals surface area contributed by atoms with Crippen molar-refractivity contribution in [3.8, 4) is 5.75 Å². The van der Waals surface area contributed by atoms with Gasteiger partial charge in [0.15, 0.2) is 11.8 Å². The van der Waals surface area contributed by atoms with Crippen molar-refractivity contribution in [3.63, 3.8) is 0 Å². The number of guanidine groups is 1. The number of aromatic nitrogens is 2. The molecule has 0 aliphatic carbocycles. The summed E-state index contributed by atoms with van der Waals surface area (Å²) in [6, 6.07) is 8.09. The smallest absolute Gasteiger partial charge is 0.248 e. The predicted molar refractivity (Wildman–Crippen MR) is 92.9 cm³/mol. The fraction of sp³-hybridized carbons (Fsp3) is 0.471. The molecule has 2 rings (SSSR count). The van der Waals surface area contributed by atoms with E-state index in [0.717, 1.165) is 24.8 Å². The lowest BCUT2D eigenvalue weighted by Gasteiger charge is -2.22. The maximum absolute atomic E-state index is 5.47. The summed E-state index contributed by atoms with van der Waals surface area (Å²) in [5.74, 6) is 2.81. The molecule has 0 saturated heterocycles. The number of hydrogen-bond acceptors (Lipinski definition) is 5. The van der Waals surface area contributed by atoms with E-state index in [1.807, 2.05) is 33.0 Å². The number of nitrogens with zero attached hydrogens (tertiary/aromatic N) is 4. The lowest BCUT2D eigenvalue weighted by molar-refractivity contribution is 0.340. The zero-order valence-corrected chi connectivity index (χ0v) is 14.7. The van der Waals surface area contributed by atoms with Gasteiger partial charge >= 0.3 is 0 Å². The standard InChI is InChI=1S/C17H25N5O2/c1-5-18-17(19-11-16-20-13(3)21-24-16)22(4)12-14-7-9-15(10-8-14)23-6-2/h7-10H,5-6,11-12H2,1-4H3,(H,18,19). The predicted octanol–water partition coefficient (Wildman–Crippen LogP) is 2.37. The Hall–Kier alpha value is -2.57. The molecule has 0 unspecified atom stereocenters. The lowest BCUT2D eigenvalue weighted by Crippen LogP contribution is -2.38. The van der Waals surface area contributed by atoms with Crippen molar-refractivity contribution in [2.75, 3.05) is 20.2 Å². The third kappa shape index (κ3) is 5.26. The quantitative estimate of drug-likeness (QED) is 0.620. The highest BCUT2D eigenvalue weighted by atomic mass is 16.5. The lowest BCUT2D eigenvalue weighted by atomic mass is 10.2. The molecular formula is C17H25N5O2. The molecule has 0 radical (unpaired) electrons. The maximum atomic E-state index is 5.47. The highest BCUT2D eigenvalue weighted by Crippen LogP contribution is 2.13. The van der Waals surface area contributed by atoms with E-state index in [1.165, 1.54) is 5.56 Å². The first-order valence-corrected chi connectivity index (χ1v) is 8.12. The SMILES string of the molecule is CCNC(=NCc1nc(C)no1)N(C)Cc1ccc(OCC)cc1. The van der Waals surface area contributed by atoms with Crippen molar-refractivity contribution in [3.05, 3.63) is 41.5 Å². The van der Waals surface area contributed by atoms with Gasteiger partial charge in [-0.25, -0.2) is 4.99 Å². The van der Waals surface area contributed by atoms with Crippen LogP contribution in [0.15, 0.2) is 33.8 Å². The molecule has 1 aromatic heterocycles. The Morgan fingerprint density at radius 3 is 2.62 bits per heavy atom. The molecule has 0 amide bonds. The van der Waals surface area contributed by atoms with Gasteiger partial charge in [0.1, 0.15) is 12.3 Å². The molecule has 0 bridgehead atoms. The van der Waals surface area contributed by atoms with Gasteiger partial charge in [-0.15, -0.1) is 0 Å². The normalized spacial score (nSPS) is 11.4. The van der Waals surface area contributed by atoms with Crippen molar-refractivity contribution in [1.82, 2.24) is 20.4 Å². The Balaban J connectivity index is 2.00. The first-order valence-electron chi connectivity index (χ1n) is 8.12. The van der Waals surface area contributed by atoms with E-state index in [9.17, 15) is 0 Å². The minimum atomic E-state index is 0.358. The van der Waals surface area contributed by atoms with E-state index >= 15 is 0 Å². The molecule has 0 aliphatic heterocycles. The minimum absolute atomic E-state index is 0.358. The number of aryl methyl sites for hydroxylation is 1. The molecule has 24 heavy (non-hydrogen) atoms. The highest BCUT2D eigenvalue weighted by molar-refractivity contribution is 5.79. The second kappa shape index (κ2) is 8.90. The van der Waals surface area contributed by atoms with Crippen LogP contribution in [0.25, 0.3) is 0 Å². The van der Waals surface area contributed by atoms with Crippen LogP contribution in [0.4, 0.5) is 0 Å². The number of nitrogens with one attached hydrogen (secondary N) is 1. The summed E-state index contributed by atoms with van der Waals surface area (Å²) in [4.78, 5) is 10.8. The Kier molecular flexibility index (Phi) is 6.60. The van der Waals surface area contributed by atoms with Crippen molar-refractivity contribution >= 4 is 5.96 Å². The molecule has 7 nitrogen and oxygen atoms in total. The molecule has 7 heteroatoms. The monoisotopic (exact) mass is 331 g/mol. The van der Waals surface area contributed by atoms with E-state index in [-0.39, 0.29) is 0 Å². The fourth-order valence-electron chi connectivity index (χ4n) is 2.22. The molecule has 0 atom stereocenters. The Morgan fingerprint density at radius 1 is 1.29 bits per heavy atom. The van der Waals surface area contributed by atoms with Crippen LogP contribution in [0.2, 0.25) is 0 Å². The summed E-state index contributed by atoms with van der Waals surface area (Å²) in [7, 11) is 2.00. The van der Waals surface area contributed by atoms with Crippen LogP contribution in [0.1, 0.15) is 31.1 Å². The van der Waals surface area contributed by atoms with Crippen LogP contribution in [-0.2, 0) is 13.1 Å². The van der Waals surface area contributed by atoms with E-state index in [1.54, 1.807) is 6.92 Å². The molecule has 1 aromatic carbocycles. The van der Waals surface area contributed by atoms with Crippen LogP contribution in [-0.4, -0.2) is 41.2 Å². The highest BCUT2D eigenvalue weighted by Gasteiger charge is 2.08. The van der Waals surface area contributed by atoms with Gasteiger partial charge < -0.3 is 19.5 Å². The largest absolute Gasteiger partial charge is 0.494 e. The van der Waals surface area contributed by atoms with Gasteiger partial charge in [0.2, 0.25) is 5.89 Å². The number of hydrogen-bond donors (Lipinski definition) is 1. The van der Waals surface area contributed by atoms with Crippen molar-refractivity contribution < 1.29 is 9.26 Å². The van der Waals surface area contributed by atoms with Gasteiger partial charge in [0.25, 0.3) is 0 Å². The second-order valence-corrected chi connectivity index (χ2v) is 5.34. The van der Waals surface area contributed by atoms with Crippen LogP contribution in [0.3, 0.4) is 0 Å². The second-order valence-electron chi connectivity index (χ2n) is 5.34. The molecule has 1 N–H and O–H groups in total. The molecule has 0 aliphatic rings. The zero-order chi connectivity index (χ0) is 17.4. The molecular weight excluding hydrogens is 306 g/mol. The van der Waals surface area contributed by atoms with Gasteiger partial charge in [-0.05, 0) is 38.5 Å². The van der Waals surface area contributed by atoms with Gasteiger partial charge in [-0.1, -0.05) is 17.3 Å². The van der Waals surface area contributed by atoms with E-state index < -0.39 is 0 Å². The summed E-state index contributed by atoms with van der Waals surface area (Å²) in [5.41, 5.74) is 1.18. The summed E-state index contributed by atoms with van der Waals surface area (Å²) < 4.78 is 10.6. The summed E-state index contributed by atoms with van der Waals surface area (Å²) in [5, 5.41) is 7.05. The van der Waals surface area contributed by atoms with E-state index in [0.29, 0.717) is 24.9 Å². The number of aliphatic imine (C=N–C) groups is 1. The number of rotatable bonds is 7. The topological polar surface area (TPSA) is 75.8 Å². The van der Waals surface area contributed by atoms with Crippen LogP contribution in [0, 0.1) is 6.92 Å². The Labute approximate surface area is 142 Å². The molecule has 0 fully saturated rings. The molecule has 0 saturated carbocycles. The third-order valence-corrected chi connectivity index (χ3v) is 3.28. The van der Waals surface area contributed by atoms with Gasteiger partial charge in [-0.3, -0.25) is 0 Å². The maximum Gasteiger partial charge on any atom is 0.248 e. The Morgan fingerprint density at radius 2 is 2.04 bits per heavy atom. The molecule has 130 valence electrons. The van der Waals surface area contributed by atoms with E-state index in [4.69, 9.17) is 9.26 Å². The average molecular weight is 331 g/mol. The minimum Gasteiger partial charge on any atom is -0.494 e. The number of ether oxygens (including phenoxy) is 1. The van der Waals surface area contributed by atoms with Gasteiger partial charge in [0, 0.05) is 20.1 Å². The Bertz CT molecular complexity index is 651. The number of benzene rings is 1. The summed E-state index contributed by atoms with van der Waals surface area (Å²) in [6.07, 6.45) is 0. The summed E-state index contributed by atoms with van der Waals surface area (Å²) in [6.45, 7) is 8.36. The zero-order valence-electron chi connectivity index (χ0n) is 14.7. The van der Waals surface area contributed by atoms with Gasteiger partial charge in [-0.2, -0.15) is 4.98 Å².